The molecular formula is C24H17N3O3S. The van der Waals surface area contributed by atoms with E-state index in [2.05, 4.69) is 4.98 Å². The van der Waals surface area contributed by atoms with E-state index >= 15 is 0 Å². The number of aromatic nitrogens is 3. The minimum atomic E-state index is -0.486. The number of ether oxygens (including phenoxy) is 1. The standard InChI is InChI=1S/C24H17N3O3S/c1-15-6-8-16(9-7-15)21-13-19(18-4-2-3-5-20(18)26-21)23(29)30-14-17-12-22(28)27-10-11-31-24(27)25-17/h2-13H,14H2,1H3. The van der Waals surface area contributed by atoms with E-state index in [0.29, 0.717) is 32.8 Å². The number of hydrogen-bond acceptors (Lipinski definition) is 6. The second kappa shape index (κ2) is 7.77. The lowest BCUT2D eigenvalue weighted by molar-refractivity contribution is 0.0470. The number of nitrogens with zero attached hydrogens (tertiary/aromatic N) is 3. The van der Waals surface area contributed by atoms with Crippen molar-refractivity contribution in [2.75, 3.05) is 0 Å². The van der Waals surface area contributed by atoms with Crippen LogP contribution in [0.25, 0.3) is 27.1 Å². The maximum Gasteiger partial charge on any atom is 0.339 e. The first-order chi connectivity index (χ1) is 15.1. The third-order valence-electron chi connectivity index (χ3n) is 4.99. The van der Waals surface area contributed by atoms with Crippen molar-refractivity contribution in [1.82, 2.24) is 14.4 Å². The summed E-state index contributed by atoms with van der Waals surface area (Å²) in [6.07, 6.45) is 1.67. The molecule has 0 unspecified atom stereocenters. The Kier molecular flexibility index (Phi) is 4.80. The van der Waals surface area contributed by atoms with Crippen LogP contribution >= 0.6 is 11.3 Å². The van der Waals surface area contributed by atoms with Gasteiger partial charge in [-0.15, -0.1) is 11.3 Å². The van der Waals surface area contributed by atoms with Crippen molar-refractivity contribution in [3.05, 3.63) is 99.4 Å². The molecule has 0 aliphatic rings. The fourth-order valence-corrected chi connectivity index (χ4v) is 4.13. The summed E-state index contributed by atoms with van der Waals surface area (Å²) in [5, 5.41) is 2.50. The van der Waals surface area contributed by atoms with Crippen LogP contribution < -0.4 is 5.56 Å². The fraction of sp³-hybridized carbons (Fsp3) is 0.0833. The quantitative estimate of drug-likeness (QED) is 0.391. The van der Waals surface area contributed by atoms with Crippen molar-refractivity contribution < 1.29 is 9.53 Å². The number of benzene rings is 2. The minimum absolute atomic E-state index is 0.0843. The van der Waals surface area contributed by atoms with Crippen LogP contribution in [0.1, 0.15) is 21.6 Å². The van der Waals surface area contributed by atoms with Gasteiger partial charge in [-0.2, -0.15) is 0 Å². The van der Waals surface area contributed by atoms with Gasteiger partial charge in [-0.1, -0.05) is 48.0 Å². The van der Waals surface area contributed by atoms with Gasteiger partial charge in [-0.3, -0.25) is 9.20 Å². The molecule has 0 spiro atoms. The molecule has 0 saturated carbocycles. The van der Waals surface area contributed by atoms with E-state index in [9.17, 15) is 9.59 Å². The van der Waals surface area contributed by atoms with Gasteiger partial charge in [0.1, 0.15) is 6.61 Å². The molecule has 3 heterocycles. The number of carbonyl (C=O) groups is 1. The Morgan fingerprint density at radius 2 is 1.87 bits per heavy atom. The van der Waals surface area contributed by atoms with Crippen molar-refractivity contribution in [3.63, 3.8) is 0 Å². The molecule has 7 heteroatoms. The zero-order valence-corrected chi connectivity index (χ0v) is 17.4. The van der Waals surface area contributed by atoms with Crippen LogP contribution in [0.2, 0.25) is 0 Å². The summed E-state index contributed by atoms with van der Waals surface area (Å²) < 4.78 is 7.00. The lowest BCUT2D eigenvalue weighted by Gasteiger charge is -2.10. The van der Waals surface area contributed by atoms with E-state index in [0.717, 1.165) is 11.1 Å². The number of carbonyl (C=O) groups excluding carboxylic acids is 1. The maximum absolute atomic E-state index is 13.0. The van der Waals surface area contributed by atoms with E-state index in [1.807, 2.05) is 55.5 Å². The number of esters is 1. The van der Waals surface area contributed by atoms with Gasteiger partial charge in [0.05, 0.1) is 22.5 Å². The molecule has 0 aliphatic carbocycles. The third-order valence-corrected chi connectivity index (χ3v) is 5.75. The Morgan fingerprint density at radius 1 is 1.06 bits per heavy atom. The van der Waals surface area contributed by atoms with Gasteiger partial charge in [0, 0.05) is 28.6 Å². The summed E-state index contributed by atoms with van der Waals surface area (Å²) in [6, 6.07) is 18.6. The van der Waals surface area contributed by atoms with Crippen molar-refractivity contribution in [2.24, 2.45) is 0 Å². The molecule has 0 aliphatic heterocycles. The average molecular weight is 427 g/mol. The molecule has 0 amide bonds. The number of pyridine rings is 1. The van der Waals surface area contributed by atoms with Crippen molar-refractivity contribution >= 4 is 33.2 Å². The van der Waals surface area contributed by atoms with Crippen molar-refractivity contribution in [1.29, 1.82) is 0 Å². The zero-order valence-electron chi connectivity index (χ0n) is 16.6. The molecule has 31 heavy (non-hydrogen) atoms. The summed E-state index contributed by atoms with van der Waals surface area (Å²) in [5.74, 6) is -0.486. The second-order valence-corrected chi connectivity index (χ2v) is 8.03. The van der Waals surface area contributed by atoms with Gasteiger partial charge < -0.3 is 4.74 Å². The fourth-order valence-electron chi connectivity index (χ4n) is 3.40. The summed E-state index contributed by atoms with van der Waals surface area (Å²) >= 11 is 1.35. The SMILES string of the molecule is Cc1ccc(-c2cc(C(=O)OCc3cc(=O)n4ccsc4n3)c3ccccc3n2)cc1. The number of para-hydroxylation sites is 1. The van der Waals surface area contributed by atoms with Gasteiger partial charge in [0.25, 0.3) is 5.56 Å². The molecule has 152 valence electrons. The van der Waals surface area contributed by atoms with Crippen LogP contribution in [0.5, 0.6) is 0 Å². The molecule has 0 radical (unpaired) electrons. The molecule has 0 N–H and O–H groups in total. The minimum Gasteiger partial charge on any atom is -0.456 e. The number of rotatable bonds is 4. The van der Waals surface area contributed by atoms with Crippen LogP contribution in [0.3, 0.4) is 0 Å². The van der Waals surface area contributed by atoms with Crippen LogP contribution in [-0.4, -0.2) is 20.3 Å². The highest BCUT2D eigenvalue weighted by Gasteiger charge is 2.16. The molecule has 0 atom stereocenters. The van der Waals surface area contributed by atoms with Crippen LogP contribution in [0.4, 0.5) is 0 Å². The summed E-state index contributed by atoms with van der Waals surface area (Å²) in [5.41, 5.74) is 4.12. The predicted molar refractivity (Wildman–Crippen MR) is 120 cm³/mol. The van der Waals surface area contributed by atoms with Gasteiger partial charge in [0.2, 0.25) is 0 Å². The molecule has 0 bridgehead atoms. The van der Waals surface area contributed by atoms with Crippen molar-refractivity contribution in [2.45, 2.75) is 13.5 Å². The Hall–Kier alpha value is -3.84. The average Bonchev–Trinajstić information content (AvgIpc) is 3.26. The van der Waals surface area contributed by atoms with Gasteiger partial charge in [-0.25, -0.2) is 14.8 Å². The number of thiazole rings is 1. The molecule has 0 saturated heterocycles. The Balaban J connectivity index is 1.49. The second-order valence-electron chi connectivity index (χ2n) is 7.16. The molecule has 5 aromatic rings. The van der Waals surface area contributed by atoms with E-state index in [-0.39, 0.29) is 12.2 Å². The van der Waals surface area contributed by atoms with Gasteiger partial charge >= 0.3 is 5.97 Å². The van der Waals surface area contributed by atoms with E-state index < -0.39 is 5.97 Å². The Labute approximate surface area is 181 Å². The Morgan fingerprint density at radius 3 is 2.71 bits per heavy atom. The lowest BCUT2D eigenvalue weighted by atomic mass is 10.0. The molecule has 6 nitrogen and oxygen atoms in total. The molecule has 2 aromatic carbocycles. The normalized spacial score (nSPS) is 11.1. The zero-order chi connectivity index (χ0) is 21.4. The number of fused-ring (bicyclic) bond motifs is 2. The largest absolute Gasteiger partial charge is 0.456 e. The van der Waals surface area contributed by atoms with E-state index in [4.69, 9.17) is 9.72 Å². The number of aryl methyl sites for hydroxylation is 1. The summed E-state index contributed by atoms with van der Waals surface area (Å²) in [4.78, 5) is 34.8. The first-order valence-corrected chi connectivity index (χ1v) is 10.6. The smallest absolute Gasteiger partial charge is 0.339 e. The van der Waals surface area contributed by atoms with Crippen molar-refractivity contribution in [3.8, 4) is 11.3 Å². The van der Waals surface area contributed by atoms with E-state index in [1.54, 1.807) is 17.6 Å². The van der Waals surface area contributed by atoms with E-state index in [1.165, 1.54) is 21.8 Å². The Bertz CT molecular complexity index is 1490. The topological polar surface area (TPSA) is 73.6 Å². The molecule has 5 rings (SSSR count). The monoisotopic (exact) mass is 427 g/mol. The number of hydrogen-bond donors (Lipinski definition) is 0. The molecule has 0 fully saturated rings. The third kappa shape index (κ3) is 3.71. The highest BCUT2D eigenvalue weighted by molar-refractivity contribution is 7.15. The van der Waals surface area contributed by atoms with Crippen LogP contribution in [-0.2, 0) is 11.3 Å². The lowest BCUT2D eigenvalue weighted by Crippen LogP contribution is -2.15. The molecular weight excluding hydrogens is 410 g/mol. The van der Waals surface area contributed by atoms with Crippen LogP contribution in [0.15, 0.2) is 77.0 Å². The van der Waals surface area contributed by atoms with Crippen LogP contribution in [0, 0.1) is 6.92 Å². The first-order valence-electron chi connectivity index (χ1n) is 9.68. The summed E-state index contributed by atoms with van der Waals surface area (Å²) in [6.45, 7) is 1.94. The van der Waals surface area contributed by atoms with Gasteiger partial charge in [0.15, 0.2) is 4.96 Å². The summed E-state index contributed by atoms with van der Waals surface area (Å²) in [7, 11) is 0. The maximum atomic E-state index is 13.0. The van der Waals surface area contributed by atoms with Gasteiger partial charge in [-0.05, 0) is 19.1 Å². The predicted octanol–water partition coefficient (Wildman–Crippen LogP) is 4.64. The molecule has 3 aromatic heterocycles. The highest BCUT2D eigenvalue weighted by atomic mass is 32.1. The highest BCUT2D eigenvalue weighted by Crippen LogP contribution is 2.26. The first kappa shape index (κ1) is 19.1.